The van der Waals surface area contributed by atoms with Crippen LogP contribution >= 0.6 is 0 Å². The number of benzene rings is 2. The zero-order valence-electron chi connectivity index (χ0n) is 13.5. The summed E-state index contributed by atoms with van der Waals surface area (Å²) >= 11 is 0. The molecule has 22 heavy (non-hydrogen) atoms. The molecule has 0 spiro atoms. The Bertz CT molecular complexity index is 670. The molecule has 2 nitrogen and oxygen atoms in total. The van der Waals surface area contributed by atoms with E-state index < -0.39 is 0 Å². The molecule has 0 saturated heterocycles. The predicted molar refractivity (Wildman–Crippen MR) is 89.7 cm³/mol. The quantitative estimate of drug-likeness (QED) is 0.767. The van der Waals surface area contributed by atoms with E-state index in [1.807, 2.05) is 30.3 Å². The van der Waals surface area contributed by atoms with Gasteiger partial charge in [-0.15, -0.1) is 0 Å². The summed E-state index contributed by atoms with van der Waals surface area (Å²) in [6.45, 7) is 7.36. The lowest BCUT2D eigenvalue weighted by molar-refractivity contribution is 0.0455. The monoisotopic (exact) mass is 293 g/mol. The lowest BCUT2D eigenvalue weighted by Crippen LogP contribution is -2.50. The summed E-state index contributed by atoms with van der Waals surface area (Å²) in [6.07, 6.45) is 0.929. The third-order valence-corrected chi connectivity index (χ3v) is 4.53. The first-order chi connectivity index (χ1) is 10.5. The average molecular weight is 293 g/mol. The van der Waals surface area contributed by atoms with E-state index in [1.165, 1.54) is 11.1 Å². The zero-order valence-corrected chi connectivity index (χ0v) is 13.5. The first-order valence-corrected chi connectivity index (χ1v) is 7.89. The van der Waals surface area contributed by atoms with Gasteiger partial charge in [0.1, 0.15) is 0 Å². The lowest BCUT2D eigenvalue weighted by Gasteiger charge is -2.44. The maximum absolute atomic E-state index is 13.0. The van der Waals surface area contributed by atoms with E-state index in [9.17, 15) is 4.79 Å². The molecule has 2 aromatic rings. The molecular formula is C20H23NO. The number of carbonyl (C=O) groups excluding carboxylic acids is 1. The van der Waals surface area contributed by atoms with E-state index in [-0.39, 0.29) is 17.4 Å². The molecular weight excluding hydrogens is 270 g/mol. The van der Waals surface area contributed by atoms with Crippen molar-refractivity contribution in [1.82, 2.24) is 4.90 Å². The van der Waals surface area contributed by atoms with Crippen LogP contribution in [0, 0.1) is 5.41 Å². The van der Waals surface area contributed by atoms with Crippen LogP contribution in [0.25, 0.3) is 0 Å². The second kappa shape index (κ2) is 5.60. The number of amides is 1. The van der Waals surface area contributed by atoms with Gasteiger partial charge in [0, 0.05) is 18.2 Å². The maximum atomic E-state index is 13.0. The Balaban J connectivity index is 1.99. The molecule has 1 heterocycles. The Morgan fingerprint density at radius 3 is 2.18 bits per heavy atom. The lowest BCUT2D eigenvalue weighted by atomic mass is 9.78. The number of fused-ring (bicyclic) bond motifs is 1. The predicted octanol–water partition coefficient (Wildman–Crippen LogP) is 4.30. The molecule has 0 saturated carbocycles. The number of nitrogens with zero attached hydrogens (tertiary/aromatic N) is 1. The molecule has 2 aromatic carbocycles. The van der Waals surface area contributed by atoms with Crippen molar-refractivity contribution in [3.8, 4) is 0 Å². The molecule has 0 aromatic heterocycles. The molecule has 1 atom stereocenters. The van der Waals surface area contributed by atoms with Crippen molar-refractivity contribution >= 4 is 5.91 Å². The van der Waals surface area contributed by atoms with Crippen LogP contribution < -0.4 is 0 Å². The van der Waals surface area contributed by atoms with E-state index in [2.05, 4.69) is 49.9 Å². The van der Waals surface area contributed by atoms with E-state index in [0.29, 0.717) is 6.54 Å². The normalized spacial score (nSPS) is 18.0. The van der Waals surface area contributed by atoms with E-state index >= 15 is 0 Å². The second-order valence-corrected chi connectivity index (χ2v) is 7.15. The van der Waals surface area contributed by atoms with Crippen molar-refractivity contribution in [2.24, 2.45) is 5.41 Å². The summed E-state index contributed by atoms with van der Waals surface area (Å²) in [5.74, 6) is 0.134. The van der Waals surface area contributed by atoms with Crippen LogP contribution in [0.1, 0.15) is 42.3 Å². The third-order valence-electron chi connectivity index (χ3n) is 4.53. The summed E-state index contributed by atoms with van der Waals surface area (Å²) < 4.78 is 0. The van der Waals surface area contributed by atoms with Crippen molar-refractivity contribution in [3.05, 3.63) is 71.3 Å². The standard InChI is InChI=1S/C20H23NO/c1-20(2,3)18-13-16-11-7-8-12-17(16)14-21(18)19(22)15-9-5-4-6-10-15/h4-12,18H,13-14H2,1-3H3/t18-/m0/s1. The van der Waals surface area contributed by atoms with Gasteiger partial charge in [-0.2, -0.15) is 0 Å². The first-order valence-electron chi connectivity index (χ1n) is 7.89. The Hall–Kier alpha value is -2.09. The van der Waals surface area contributed by atoms with Crippen LogP contribution in [0.3, 0.4) is 0 Å². The van der Waals surface area contributed by atoms with E-state index in [1.54, 1.807) is 0 Å². The minimum atomic E-state index is 0.0535. The molecule has 1 aliphatic rings. The van der Waals surface area contributed by atoms with Gasteiger partial charge in [-0.05, 0) is 35.1 Å². The number of carbonyl (C=O) groups is 1. The topological polar surface area (TPSA) is 20.3 Å². The highest BCUT2D eigenvalue weighted by Crippen LogP contribution is 2.34. The highest BCUT2D eigenvalue weighted by Gasteiger charge is 2.37. The fraction of sp³-hybridized carbons (Fsp3) is 0.350. The minimum Gasteiger partial charge on any atom is -0.330 e. The molecule has 2 heteroatoms. The summed E-state index contributed by atoms with van der Waals surface area (Å²) in [5.41, 5.74) is 3.47. The zero-order chi connectivity index (χ0) is 15.7. The molecule has 0 fully saturated rings. The largest absolute Gasteiger partial charge is 0.330 e. The van der Waals surface area contributed by atoms with Crippen LogP contribution in [-0.2, 0) is 13.0 Å². The summed E-state index contributed by atoms with van der Waals surface area (Å²) in [6, 6.07) is 18.3. The Morgan fingerprint density at radius 1 is 0.955 bits per heavy atom. The summed E-state index contributed by atoms with van der Waals surface area (Å²) in [7, 11) is 0. The first kappa shape index (κ1) is 14.8. The van der Waals surface area contributed by atoms with E-state index in [0.717, 1.165) is 12.0 Å². The van der Waals surface area contributed by atoms with Crippen molar-refractivity contribution in [1.29, 1.82) is 0 Å². The third kappa shape index (κ3) is 2.78. The Morgan fingerprint density at radius 2 is 1.55 bits per heavy atom. The van der Waals surface area contributed by atoms with Crippen molar-refractivity contribution in [2.45, 2.75) is 39.8 Å². The molecule has 0 aliphatic carbocycles. The van der Waals surface area contributed by atoms with Crippen LogP contribution in [0.2, 0.25) is 0 Å². The SMILES string of the molecule is CC(C)(C)[C@@H]1Cc2ccccc2CN1C(=O)c1ccccc1. The highest BCUT2D eigenvalue weighted by atomic mass is 16.2. The number of hydrogen-bond donors (Lipinski definition) is 0. The van der Waals surface area contributed by atoms with E-state index in [4.69, 9.17) is 0 Å². The van der Waals surface area contributed by atoms with Crippen LogP contribution in [0.15, 0.2) is 54.6 Å². The van der Waals surface area contributed by atoms with Gasteiger partial charge in [0.25, 0.3) is 5.91 Å². The maximum Gasteiger partial charge on any atom is 0.254 e. The fourth-order valence-corrected chi connectivity index (χ4v) is 3.26. The number of rotatable bonds is 1. The average Bonchev–Trinajstić information content (AvgIpc) is 2.53. The fourth-order valence-electron chi connectivity index (χ4n) is 3.26. The van der Waals surface area contributed by atoms with Gasteiger partial charge >= 0.3 is 0 Å². The Kier molecular flexibility index (Phi) is 3.78. The molecule has 0 bridgehead atoms. The summed E-state index contributed by atoms with van der Waals surface area (Å²) in [4.78, 5) is 15.0. The molecule has 0 N–H and O–H groups in total. The van der Waals surface area contributed by atoms with Crippen molar-refractivity contribution in [2.75, 3.05) is 0 Å². The van der Waals surface area contributed by atoms with Crippen LogP contribution in [0.4, 0.5) is 0 Å². The molecule has 3 rings (SSSR count). The Labute approximate surface area is 132 Å². The second-order valence-electron chi connectivity index (χ2n) is 7.15. The molecule has 1 amide bonds. The van der Waals surface area contributed by atoms with Crippen molar-refractivity contribution in [3.63, 3.8) is 0 Å². The van der Waals surface area contributed by atoms with Crippen molar-refractivity contribution < 1.29 is 4.79 Å². The highest BCUT2D eigenvalue weighted by molar-refractivity contribution is 5.94. The smallest absolute Gasteiger partial charge is 0.254 e. The van der Waals surface area contributed by atoms with Gasteiger partial charge in [-0.3, -0.25) is 4.79 Å². The minimum absolute atomic E-state index is 0.0535. The van der Waals surface area contributed by atoms with Crippen LogP contribution in [-0.4, -0.2) is 16.8 Å². The van der Waals surface area contributed by atoms with Gasteiger partial charge in [0.2, 0.25) is 0 Å². The van der Waals surface area contributed by atoms with Gasteiger partial charge in [-0.1, -0.05) is 63.2 Å². The van der Waals surface area contributed by atoms with Crippen LogP contribution in [0.5, 0.6) is 0 Å². The van der Waals surface area contributed by atoms with Gasteiger partial charge < -0.3 is 4.90 Å². The molecule has 0 unspecified atom stereocenters. The van der Waals surface area contributed by atoms with Gasteiger partial charge in [0.15, 0.2) is 0 Å². The molecule has 0 radical (unpaired) electrons. The number of hydrogen-bond acceptors (Lipinski definition) is 1. The molecule has 1 aliphatic heterocycles. The molecule has 114 valence electrons. The van der Waals surface area contributed by atoms with Gasteiger partial charge in [-0.25, -0.2) is 0 Å². The van der Waals surface area contributed by atoms with Gasteiger partial charge in [0.05, 0.1) is 0 Å². The summed E-state index contributed by atoms with van der Waals surface area (Å²) in [5, 5.41) is 0.